The average molecular weight is 301 g/mol. The third-order valence-electron chi connectivity index (χ3n) is 4.68. The summed E-state index contributed by atoms with van der Waals surface area (Å²) in [5, 5.41) is 0. The highest BCUT2D eigenvalue weighted by atomic mass is 16.2. The molecule has 2 fully saturated rings. The summed E-state index contributed by atoms with van der Waals surface area (Å²) in [5.74, 6) is 0.186. The number of carbonyl (C=O) groups excluding carboxylic acids is 2. The van der Waals surface area contributed by atoms with Crippen LogP contribution in [0.2, 0.25) is 0 Å². The minimum atomic E-state index is 0.0734. The molecule has 2 aliphatic rings. The SMILES string of the molecule is CN1CCN(C(=O)CN2CCCC2=O)C[C@@H]1c1ccccc1. The Kier molecular flexibility index (Phi) is 4.43. The Labute approximate surface area is 131 Å². The lowest BCUT2D eigenvalue weighted by Crippen LogP contribution is -2.51. The Morgan fingerprint density at radius 1 is 1.18 bits per heavy atom. The number of benzene rings is 1. The van der Waals surface area contributed by atoms with Crippen LogP contribution < -0.4 is 0 Å². The molecule has 3 rings (SSSR count). The van der Waals surface area contributed by atoms with Gasteiger partial charge in [-0.05, 0) is 19.0 Å². The number of hydrogen-bond donors (Lipinski definition) is 0. The predicted molar refractivity (Wildman–Crippen MR) is 84.2 cm³/mol. The number of amides is 2. The maximum atomic E-state index is 12.5. The van der Waals surface area contributed by atoms with Crippen molar-refractivity contribution in [1.82, 2.24) is 14.7 Å². The molecule has 5 nitrogen and oxygen atoms in total. The topological polar surface area (TPSA) is 43.9 Å². The highest BCUT2D eigenvalue weighted by molar-refractivity contribution is 5.86. The summed E-state index contributed by atoms with van der Waals surface area (Å²) < 4.78 is 0. The van der Waals surface area contributed by atoms with Crippen LogP contribution in [0.1, 0.15) is 24.4 Å². The third-order valence-corrected chi connectivity index (χ3v) is 4.68. The van der Waals surface area contributed by atoms with Gasteiger partial charge in [-0.1, -0.05) is 30.3 Å². The van der Waals surface area contributed by atoms with E-state index in [0.29, 0.717) is 13.0 Å². The first-order chi connectivity index (χ1) is 10.6. The first kappa shape index (κ1) is 15.0. The van der Waals surface area contributed by atoms with Gasteiger partial charge < -0.3 is 9.80 Å². The lowest BCUT2D eigenvalue weighted by molar-refractivity contribution is -0.140. The molecule has 2 saturated heterocycles. The minimum absolute atomic E-state index is 0.0734. The fourth-order valence-electron chi connectivity index (χ4n) is 3.27. The van der Waals surface area contributed by atoms with Gasteiger partial charge in [-0.2, -0.15) is 0 Å². The minimum Gasteiger partial charge on any atom is -0.338 e. The van der Waals surface area contributed by atoms with Crippen molar-refractivity contribution in [2.24, 2.45) is 0 Å². The number of likely N-dealkylation sites (tertiary alicyclic amines) is 1. The second-order valence-electron chi connectivity index (χ2n) is 6.17. The zero-order chi connectivity index (χ0) is 15.5. The maximum absolute atomic E-state index is 12.5. The predicted octanol–water partition coefficient (Wildman–Crippen LogP) is 1.12. The second kappa shape index (κ2) is 6.48. The van der Waals surface area contributed by atoms with E-state index in [9.17, 15) is 9.59 Å². The largest absolute Gasteiger partial charge is 0.338 e. The van der Waals surface area contributed by atoms with Crippen molar-refractivity contribution in [1.29, 1.82) is 0 Å². The van der Waals surface area contributed by atoms with Crippen molar-refractivity contribution in [3.8, 4) is 0 Å². The molecule has 0 aliphatic carbocycles. The van der Waals surface area contributed by atoms with Gasteiger partial charge in [0.15, 0.2) is 0 Å². The van der Waals surface area contributed by atoms with Crippen LogP contribution in [0, 0.1) is 0 Å². The molecule has 0 unspecified atom stereocenters. The van der Waals surface area contributed by atoms with E-state index < -0.39 is 0 Å². The number of carbonyl (C=O) groups is 2. The van der Waals surface area contributed by atoms with E-state index >= 15 is 0 Å². The lowest BCUT2D eigenvalue weighted by atomic mass is 10.0. The van der Waals surface area contributed by atoms with Crippen molar-refractivity contribution in [2.45, 2.75) is 18.9 Å². The Bertz CT molecular complexity index is 546. The van der Waals surface area contributed by atoms with Gasteiger partial charge in [0.2, 0.25) is 11.8 Å². The van der Waals surface area contributed by atoms with Crippen molar-refractivity contribution in [3.63, 3.8) is 0 Å². The van der Waals surface area contributed by atoms with Gasteiger partial charge >= 0.3 is 0 Å². The van der Waals surface area contributed by atoms with Gasteiger partial charge in [-0.3, -0.25) is 14.5 Å². The van der Waals surface area contributed by atoms with Gasteiger partial charge in [0.1, 0.15) is 0 Å². The van der Waals surface area contributed by atoms with Crippen LogP contribution in [0.4, 0.5) is 0 Å². The highest BCUT2D eigenvalue weighted by Gasteiger charge is 2.30. The Hall–Kier alpha value is -1.88. The van der Waals surface area contributed by atoms with Crippen LogP contribution in [0.15, 0.2) is 30.3 Å². The first-order valence-corrected chi connectivity index (χ1v) is 7.96. The Balaban J connectivity index is 1.65. The smallest absolute Gasteiger partial charge is 0.242 e. The Morgan fingerprint density at radius 3 is 2.64 bits per heavy atom. The van der Waals surface area contributed by atoms with Gasteiger partial charge in [0.25, 0.3) is 0 Å². The van der Waals surface area contributed by atoms with Gasteiger partial charge in [0.05, 0.1) is 12.6 Å². The molecule has 0 spiro atoms. The van der Waals surface area contributed by atoms with E-state index in [2.05, 4.69) is 24.1 Å². The van der Waals surface area contributed by atoms with Crippen molar-refractivity contribution in [2.75, 3.05) is 39.8 Å². The zero-order valence-corrected chi connectivity index (χ0v) is 13.1. The highest BCUT2D eigenvalue weighted by Crippen LogP contribution is 2.24. The van der Waals surface area contributed by atoms with E-state index in [0.717, 1.165) is 26.1 Å². The monoisotopic (exact) mass is 301 g/mol. The number of piperazine rings is 1. The molecule has 0 bridgehead atoms. The molecular weight excluding hydrogens is 278 g/mol. The van der Waals surface area contributed by atoms with E-state index in [4.69, 9.17) is 0 Å². The molecule has 1 aromatic rings. The number of rotatable bonds is 3. The van der Waals surface area contributed by atoms with Gasteiger partial charge in [-0.15, -0.1) is 0 Å². The molecule has 0 aromatic heterocycles. The molecule has 118 valence electrons. The molecule has 22 heavy (non-hydrogen) atoms. The van der Waals surface area contributed by atoms with E-state index in [1.807, 2.05) is 23.1 Å². The van der Waals surface area contributed by atoms with Crippen LogP contribution in [0.3, 0.4) is 0 Å². The standard InChI is InChI=1S/C17H23N3O2/c1-18-10-11-20(12-15(18)14-6-3-2-4-7-14)17(22)13-19-9-5-8-16(19)21/h2-4,6-7,15H,5,8-13H2,1H3/t15-/m1/s1. The summed E-state index contributed by atoms with van der Waals surface area (Å²) in [7, 11) is 2.10. The normalized spacial score (nSPS) is 23.1. The molecule has 0 radical (unpaired) electrons. The maximum Gasteiger partial charge on any atom is 0.242 e. The zero-order valence-electron chi connectivity index (χ0n) is 13.1. The molecule has 1 aromatic carbocycles. The van der Waals surface area contributed by atoms with Crippen molar-refractivity contribution in [3.05, 3.63) is 35.9 Å². The number of hydrogen-bond acceptors (Lipinski definition) is 3. The average Bonchev–Trinajstić information content (AvgIpc) is 2.93. The van der Waals surface area contributed by atoms with Gasteiger partial charge in [0, 0.05) is 32.6 Å². The van der Waals surface area contributed by atoms with Crippen molar-refractivity contribution >= 4 is 11.8 Å². The molecule has 2 heterocycles. The Morgan fingerprint density at radius 2 is 1.95 bits per heavy atom. The fraction of sp³-hybridized carbons (Fsp3) is 0.529. The summed E-state index contributed by atoms with van der Waals surface area (Å²) in [5.41, 5.74) is 1.24. The van der Waals surface area contributed by atoms with Gasteiger partial charge in [-0.25, -0.2) is 0 Å². The molecule has 1 atom stereocenters. The fourth-order valence-corrected chi connectivity index (χ4v) is 3.27. The van der Waals surface area contributed by atoms with Crippen molar-refractivity contribution < 1.29 is 9.59 Å². The second-order valence-corrected chi connectivity index (χ2v) is 6.17. The molecule has 0 saturated carbocycles. The lowest BCUT2D eigenvalue weighted by Gasteiger charge is -2.40. The third kappa shape index (κ3) is 3.14. The summed E-state index contributed by atoms with van der Waals surface area (Å²) in [6.45, 7) is 3.26. The quantitative estimate of drug-likeness (QED) is 0.840. The molecule has 5 heteroatoms. The summed E-state index contributed by atoms with van der Waals surface area (Å²) in [6, 6.07) is 10.5. The molecular formula is C17H23N3O2. The van der Waals surface area contributed by atoms with E-state index in [1.165, 1.54) is 5.56 Å². The van der Waals surface area contributed by atoms with E-state index in [1.54, 1.807) is 4.90 Å². The number of nitrogens with zero attached hydrogens (tertiary/aromatic N) is 3. The van der Waals surface area contributed by atoms with E-state index in [-0.39, 0.29) is 24.4 Å². The molecule has 2 aliphatic heterocycles. The summed E-state index contributed by atoms with van der Waals surface area (Å²) in [6.07, 6.45) is 1.46. The number of likely N-dealkylation sites (N-methyl/N-ethyl adjacent to an activating group) is 1. The summed E-state index contributed by atoms with van der Waals surface area (Å²) >= 11 is 0. The van der Waals surface area contributed by atoms with Crippen LogP contribution in [-0.4, -0.2) is 66.3 Å². The molecule has 2 amide bonds. The van der Waals surface area contributed by atoms with Crippen LogP contribution >= 0.6 is 0 Å². The summed E-state index contributed by atoms with van der Waals surface area (Å²) in [4.78, 5) is 30.1. The molecule has 0 N–H and O–H groups in total. The van der Waals surface area contributed by atoms with Crippen LogP contribution in [0.25, 0.3) is 0 Å². The van der Waals surface area contributed by atoms with Crippen LogP contribution in [-0.2, 0) is 9.59 Å². The first-order valence-electron chi connectivity index (χ1n) is 7.96. The van der Waals surface area contributed by atoms with Crippen LogP contribution in [0.5, 0.6) is 0 Å².